The zero-order chi connectivity index (χ0) is 21.0. The minimum atomic E-state index is -0.864. The van der Waals surface area contributed by atoms with Crippen molar-refractivity contribution in [2.24, 2.45) is 0 Å². The van der Waals surface area contributed by atoms with Crippen LogP contribution in [0.25, 0.3) is 23.3 Å². The quantitative estimate of drug-likeness (QED) is 0.296. The molecule has 0 aliphatic rings. The van der Waals surface area contributed by atoms with Crippen LogP contribution in [0.5, 0.6) is 0 Å². The predicted molar refractivity (Wildman–Crippen MR) is 110 cm³/mol. The van der Waals surface area contributed by atoms with E-state index in [9.17, 15) is 17.6 Å². The van der Waals surface area contributed by atoms with Crippen molar-refractivity contribution in [2.75, 3.05) is 0 Å². The second-order valence-electron chi connectivity index (χ2n) is 6.90. The second kappa shape index (κ2) is 9.08. The zero-order valence-corrected chi connectivity index (χ0v) is 16.4. The molecule has 3 rings (SSSR count). The number of aryl methyl sites for hydroxylation is 2. The van der Waals surface area contributed by atoms with Crippen molar-refractivity contribution in [2.45, 2.75) is 33.1 Å². The third kappa shape index (κ3) is 4.42. The van der Waals surface area contributed by atoms with Crippen LogP contribution in [0, 0.1) is 23.3 Å². The Bertz CT molecular complexity index is 1030. The summed E-state index contributed by atoms with van der Waals surface area (Å²) in [5, 5.41) is 0. The standard InChI is InChI=1S/C25H22F4/c1-3-5-19-12-13-20(24(28)23(19)27)11-8-16-6-9-18(10-7-16)21-15-14-17(4-2)22(26)25(21)29/h6-15H,3-5H2,1-2H3/b11-8+. The molecule has 0 nitrogen and oxygen atoms in total. The van der Waals surface area contributed by atoms with E-state index >= 15 is 0 Å². The molecule has 4 heteroatoms. The van der Waals surface area contributed by atoms with Crippen molar-refractivity contribution in [3.63, 3.8) is 0 Å². The van der Waals surface area contributed by atoms with Crippen molar-refractivity contribution >= 4 is 12.2 Å². The van der Waals surface area contributed by atoms with Gasteiger partial charge >= 0.3 is 0 Å². The summed E-state index contributed by atoms with van der Waals surface area (Å²) in [4.78, 5) is 0. The highest BCUT2D eigenvalue weighted by atomic mass is 19.2. The van der Waals surface area contributed by atoms with E-state index in [0.29, 0.717) is 29.5 Å². The Hall–Kier alpha value is -2.88. The SMILES string of the molecule is CCCc1ccc(/C=C/c2ccc(-c3ccc(CC)c(F)c3F)cc2)c(F)c1F. The Balaban J connectivity index is 1.83. The first-order valence-electron chi connectivity index (χ1n) is 9.68. The lowest BCUT2D eigenvalue weighted by molar-refractivity contribution is 0.496. The van der Waals surface area contributed by atoms with Crippen molar-refractivity contribution in [1.82, 2.24) is 0 Å². The van der Waals surface area contributed by atoms with Gasteiger partial charge in [-0.2, -0.15) is 0 Å². The first kappa shape index (κ1) is 20.8. The van der Waals surface area contributed by atoms with Crippen molar-refractivity contribution in [3.05, 3.63) is 94.1 Å². The zero-order valence-electron chi connectivity index (χ0n) is 16.4. The molecular formula is C25H22F4. The van der Waals surface area contributed by atoms with Crippen LogP contribution < -0.4 is 0 Å². The largest absolute Gasteiger partial charge is 0.203 e. The van der Waals surface area contributed by atoms with Gasteiger partial charge in [-0.25, -0.2) is 17.6 Å². The fraction of sp³-hybridized carbons (Fsp3) is 0.200. The Kier molecular flexibility index (Phi) is 6.53. The molecule has 0 heterocycles. The summed E-state index contributed by atoms with van der Waals surface area (Å²) in [5.41, 5.74) is 2.34. The molecule has 0 fully saturated rings. The molecular weight excluding hydrogens is 376 g/mol. The molecule has 0 radical (unpaired) electrons. The highest BCUT2D eigenvalue weighted by Gasteiger charge is 2.14. The predicted octanol–water partition coefficient (Wildman–Crippen LogP) is 7.60. The van der Waals surface area contributed by atoms with Crippen LogP contribution in [-0.4, -0.2) is 0 Å². The van der Waals surface area contributed by atoms with E-state index in [1.54, 1.807) is 61.5 Å². The lowest BCUT2D eigenvalue weighted by Gasteiger charge is -2.08. The van der Waals surface area contributed by atoms with E-state index < -0.39 is 23.3 Å². The number of rotatable bonds is 6. The van der Waals surface area contributed by atoms with Crippen LogP contribution in [-0.2, 0) is 12.8 Å². The summed E-state index contributed by atoms with van der Waals surface area (Å²) in [6.45, 7) is 3.68. The Morgan fingerprint density at radius 2 is 1.31 bits per heavy atom. The molecule has 3 aromatic rings. The summed E-state index contributed by atoms with van der Waals surface area (Å²) in [7, 11) is 0. The Morgan fingerprint density at radius 3 is 1.97 bits per heavy atom. The van der Waals surface area contributed by atoms with Gasteiger partial charge in [-0.05, 0) is 35.1 Å². The molecule has 0 aliphatic carbocycles. The number of hydrogen-bond acceptors (Lipinski definition) is 0. The maximum Gasteiger partial charge on any atom is 0.166 e. The first-order chi connectivity index (χ1) is 14.0. The van der Waals surface area contributed by atoms with Gasteiger partial charge in [0.15, 0.2) is 23.3 Å². The molecule has 150 valence electrons. The highest BCUT2D eigenvalue weighted by Crippen LogP contribution is 2.27. The molecule has 0 spiro atoms. The fourth-order valence-corrected chi connectivity index (χ4v) is 3.24. The Morgan fingerprint density at radius 1 is 0.655 bits per heavy atom. The van der Waals surface area contributed by atoms with E-state index in [0.717, 1.165) is 12.0 Å². The molecule has 0 amide bonds. The average Bonchev–Trinajstić information content (AvgIpc) is 2.73. The van der Waals surface area contributed by atoms with Crippen LogP contribution in [0.3, 0.4) is 0 Å². The van der Waals surface area contributed by atoms with Crippen molar-refractivity contribution in [3.8, 4) is 11.1 Å². The van der Waals surface area contributed by atoms with Gasteiger partial charge in [0.1, 0.15) is 0 Å². The van der Waals surface area contributed by atoms with Gasteiger partial charge in [-0.3, -0.25) is 0 Å². The van der Waals surface area contributed by atoms with Crippen LogP contribution in [0.1, 0.15) is 42.5 Å². The van der Waals surface area contributed by atoms with Crippen molar-refractivity contribution in [1.29, 1.82) is 0 Å². The van der Waals surface area contributed by atoms with Crippen LogP contribution in [0.4, 0.5) is 17.6 Å². The summed E-state index contributed by atoms with van der Waals surface area (Å²) >= 11 is 0. The molecule has 0 saturated carbocycles. The monoisotopic (exact) mass is 398 g/mol. The van der Waals surface area contributed by atoms with E-state index in [4.69, 9.17) is 0 Å². The van der Waals surface area contributed by atoms with Gasteiger partial charge in [0.25, 0.3) is 0 Å². The lowest BCUT2D eigenvalue weighted by Crippen LogP contribution is -1.96. The van der Waals surface area contributed by atoms with Crippen LogP contribution in [0.15, 0.2) is 48.5 Å². The second-order valence-corrected chi connectivity index (χ2v) is 6.90. The average molecular weight is 398 g/mol. The topological polar surface area (TPSA) is 0 Å². The molecule has 3 aromatic carbocycles. The summed E-state index contributed by atoms with van der Waals surface area (Å²) < 4.78 is 56.6. The van der Waals surface area contributed by atoms with Crippen LogP contribution >= 0.6 is 0 Å². The number of hydrogen-bond donors (Lipinski definition) is 0. The minimum absolute atomic E-state index is 0.162. The van der Waals surface area contributed by atoms with E-state index in [-0.39, 0.29) is 11.1 Å². The third-order valence-electron chi connectivity index (χ3n) is 4.93. The van der Waals surface area contributed by atoms with Gasteiger partial charge in [-0.1, -0.05) is 81.0 Å². The summed E-state index contributed by atoms with van der Waals surface area (Å²) in [5.74, 6) is -3.36. The molecule has 29 heavy (non-hydrogen) atoms. The lowest BCUT2D eigenvalue weighted by atomic mass is 10.00. The highest BCUT2D eigenvalue weighted by molar-refractivity contribution is 5.72. The smallest absolute Gasteiger partial charge is 0.166 e. The van der Waals surface area contributed by atoms with Crippen LogP contribution in [0.2, 0.25) is 0 Å². The van der Waals surface area contributed by atoms with Gasteiger partial charge in [0.2, 0.25) is 0 Å². The first-order valence-corrected chi connectivity index (χ1v) is 9.68. The maximum atomic E-state index is 14.3. The molecule has 0 aliphatic heterocycles. The maximum absolute atomic E-state index is 14.3. The third-order valence-corrected chi connectivity index (χ3v) is 4.93. The van der Waals surface area contributed by atoms with E-state index in [1.165, 1.54) is 6.08 Å². The molecule has 0 N–H and O–H groups in total. The van der Waals surface area contributed by atoms with Gasteiger partial charge in [0.05, 0.1) is 0 Å². The minimum Gasteiger partial charge on any atom is -0.203 e. The normalized spacial score (nSPS) is 11.4. The van der Waals surface area contributed by atoms with Crippen molar-refractivity contribution < 1.29 is 17.6 Å². The number of halogens is 4. The van der Waals surface area contributed by atoms with Gasteiger partial charge in [0, 0.05) is 11.1 Å². The molecule has 0 atom stereocenters. The molecule has 0 unspecified atom stereocenters. The molecule has 0 saturated heterocycles. The van der Waals surface area contributed by atoms with Gasteiger partial charge in [-0.15, -0.1) is 0 Å². The molecule has 0 bridgehead atoms. The Labute approximate surface area is 168 Å². The summed E-state index contributed by atoms with van der Waals surface area (Å²) in [6, 6.07) is 13.1. The van der Waals surface area contributed by atoms with E-state index in [1.807, 2.05) is 6.92 Å². The van der Waals surface area contributed by atoms with Gasteiger partial charge < -0.3 is 0 Å². The summed E-state index contributed by atoms with van der Waals surface area (Å²) in [6.07, 6.45) is 4.80. The fourth-order valence-electron chi connectivity index (χ4n) is 3.24. The number of benzene rings is 3. The van der Waals surface area contributed by atoms with E-state index in [2.05, 4.69) is 0 Å². The molecule has 0 aromatic heterocycles.